The number of hydrogen-bond donors (Lipinski definition) is 2. The first-order valence-corrected chi connectivity index (χ1v) is 18.7. The highest BCUT2D eigenvalue weighted by Crippen LogP contribution is 2.55. The van der Waals surface area contributed by atoms with Gasteiger partial charge in [-0.05, 0) is 80.1 Å². The molecule has 0 aliphatic carbocycles. The molecular weight excluding hydrogens is 653 g/mol. The molecule has 0 saturated heterocycles. The third-order valence-electron chi connectivity index (χ3n) is 9.13. The van der Waals surface area contributed by atoms with Gasteiger partial charge in [-0.25, -0.2) is 5.06 Å². The van der Waals surface area contributed by atoms with Crippen molar-refractivity contribution in [1.29, 1.82) is 0 Å². The lowest BCUT2D eigenvalue weighted by molar-refractivity contribution is -0.198. The number of amides is 1. The summed E-state index contributed by atoms with van der Waals surface area (Å²) in [5.41, 5.74) is 1.41. The molecule has 0 bridgehead atoms. The third-order valence-corrected chi connectivity index (χ3v) is 13.6. The van der Waals surface area contributed by atoms with Gasteiger partial charge in [0.1, 0.15) is 23.2 Å². The van der Waals surface area contributed by atoms with Gasteiger partial charge in [0.05, 0.1) is 24.7 Å². The predicted octanol–water partition coefficient (Wildman–Crippen LogP) is 4.88. The Balaban J connectivity index is 0.00000576. The largest absolute Gasteiger partial charge is 1.00 e. The molecule has 0 aliphatic heterocycles. The summed E-state index contributed by atoms with van der Waals surface area (Å²) in [5, 5.41) is 26.1. The van der Waals surface area contributed by atoms with E-state index < -0.39 is 12.8 Å². The van der Waals surface area contributed by atoms with E-state index in [0.29, 0.717) is 19.0 Å². The van der Waals surface area contributed by atoms with Crippen molar-refractivity contribution in [2.24, 2.45) is 0 Å². The van der Waals surface area contributed by atoms with Crippen LogP contribution in [0.3, 0.4) is 0 Å². The van der Waals surface area contributed by atoms with Gasteiger partial charge >= 0.3 is 0 Å². The fourth-order valence-corrected chi connectivity index (χ4v) is 10.4. The SMILES string of the molecule is CCCCCCCCc1ccc(CCC(C)(CO)N(O)C(=O)CC[P+](c2ccccc2)(c2ccccc2)c2ccccc2)cc1.[Br-]. The molecule has 0 aliphatic rings. The second kappa shape index (κ2) is 19.1. The summed E-state index contributed by atoms with van der Waals surface area (Å²) in [4.78, 5) is 13.7. The van der Waals surface area contributed by atoms with Crippen molar-refractivity contribution in [2.45, 2.75) is 83.6 Å². The van der Waals surface area contributed by atoms with Crippen LogP contribution in [0.4, 0.5) is 0 Å². The molecule has 4 aromatic carbocycles. The number of halogens is 1. The molecule has 1 atom stereocenters. The van der Waals surface area contributed by atoms with Crippen LogP contribution >= 0.6 is 7.26 Å². The number of aryl methyl sites for hydroxylation is 2. The van der Waals surface area contributed by atoms with Gasteiger partial charge in [-0.15, -0.1) is 0 Å². The van der Waals surface area contributed by atoms with E-state index in [1.54, 1.807) is 6.92 Å². The first-order valence-electron chi connectivity index (χ1n) is 16.7. The number of hydrogen-bond acceptors (Lipinski definition) is 3. The molecule has 46 heavy (non-hydrogen) atoms. The zero-order valence-electron chi connectivity index (χ0n) is 27.5. The van der Waals surface area contributed by atoms with Crippen LogP contribution < -0.4 is 32.9 Å². The number of carbonyl (C=O) groups excluding carboxylic acids is 1. The van der Waals surface area contributed by atoms with Crippen LogP contribution in [-0.2, 0) is 17.6 Å². The Kier molecular flexibility index (Phi) is 15.6. The molecule has 0 spiro atoms. The van der Waals surface area contributed by atoms with Crippen LogP contribution in [0.15, 0.2) is 115 Å². The first-order chi connectivity index (χ1) is 21.9. The highest BCUT2D eigenvalue weighted by atomic mass is 79.9. The van der Waals surface area contributed by atoms with Crippen molar-refractivity contribution in [3.05, 3.63) is 126 Å². The fourth-order valence-electron chi connectivity index (χ4n) is 6.20. The number of hydroxylamine groups is 2. The summed E-state index contributed by atoms with van der Waals surface area (Å²) in [6, 6.07) is 40.0. The van der Waals surface area contributed by atoms with E-state index in [9.17, 15) is 15.1 Å². The molecular formula is C40H51BrNO3P. The fraction of sp³-hybridized carbons (Fsp3) is 0.375. The molecule has 246 valence electrons. The van der Waals surface area contributed by atoms with Crippen LogP contribution in [0, 0.1) is 0 Å². The molecule has 0 fully saturated rings. The Morgan fingerprint density at radius 3 is 1.57 bits per heavy atom. The van der Waals surface area contributed by atoms with Gasteiger partial charge in [-0.3, -0.25) is 10.0 Å². The number of aliphatic hydroxyl groups excluding tert-OH is 1. The maximum atomic E-state index is 13.7. The maximum absolute atomic E-state index is 13.7. The molecule has 4 nitrogen and oxygen atoms in total. The van der Waals surface area contributed by atoms with Gasteiger partial charge in [0.2, 0.25) is 5.91 Å². The number of nitrogens with zero attached hydrogens (tertiary/aromatic N) is 1. The van der Waals surface area contributed by atoms with E-state index in [2.05, 4.69) is 104 Å². The molecule has 4 rings (SSSR count). The molecule has 6 heteroatoms. The normalized spacial score (nSPS) is 12.6. The monoisotopic (exact) mass is 703 g/mol. The molecule has 1 amide bonds. The van der Waals surface area contributed by atoms with Gasteiger partial charge in [-0.2, -0.15) is 0 Å². The van der Waals surface area contributed by atoms with Crippen molar-refractivity contribution in [2.75, 3.05) is 12.8 Å². The van der Waals surface area contributed by atoms with E-state index in [-0.39, 0.29) is 35.9 Å². The second-order valence-electron chi connectivity index (χ2n) is 12.5. The second-order valence-corrected chi connectivity index (χ2v) is 16.1. The molecule has 0 heterocycles. The Morgan fingerprint density at radius 2 is 1.11 bits per heavy atom. The maximum Gasteiger partial charge on any atom is 0.250 e. The number of aliphatic hydroxyl groups is 1. The van der Waals surface area contributed by atoms with Gasteiger partial charge in [0.15, 0.2) is 0 Å². The third kappa shape index (κ3) is 9.84. The smallest absolute Gasteiger partial charge is 0.250 e. The zero-order valence-corrected chi connectivity index (χ0v) is 30.0. The van der Waals surface area contributed by atoms with E-state index >= 15 is 0 Å². The number of unbranched alkanes of at least 4 members (excludes halogenated alkanes) is 5. The summed E-state index contributed by atoms with van der Waals surface area (Å²) in [5.74, 6) is -0.368. The van der Waals surface area contributed by atoms with E-state index in [0.717, 1.165) is 17.0 Å². The summed E-state index contributed by atoms with van der Waals surface area (Å²) in [7, 11) is -2.21. The van der Waals surface area contributed by atoms with E-state index in [4.69, 9.17) is 0 Å². The highest BCUT2D eigenvalue weighted by Gasteiger charge is 2.46. The van der Waals surface area contributed by atoms with Crippen LogP contribution in [-0.4, -0.2) is 39.6 Å². The van der Waals surface area contributed by atoms with E-state index in [1.807, 2.05) is 18.2 Å². The van der Waals surface area contributed by atoms with Crippen LogP contribution in [0.25, 0.3) is 0 Å². The summed E-state index contributed by atoms with van der Waals surface area (Å²) in [6.45, 7) is 3.70. The topological polar surface area (TPSA) is 60.8 Å². The number of benzene rings is 4. The van der Waals surface area contributed by atoms with Crippen molar-refractivity contribution in [3.8, 4) is 0 Å². The average molecular weight is 705 g/mol. The Morgan fingerprint density at radius 1 is 0.674 bits per heavy atom. The quantitative estimate of drug-likeness (QED) is 0.0673. The Hall–Kier alpha value is -2.82. The summed E-state index contributed by atoms with van der Waals surface area (Å²) in [6.07, 6.45) is 10.7. The predicted molar refractivity (Wildman–Crippen MR) is 191 cm³/mol. The van der Waals surface area contributed by atoms with Crippen LogP contribution in [0.1, 0.15) is 76.3 Å². The van der Waals surface area contributed by atoms with Gasteiger partial charge in [0.25, 0.3) is 0 Å². The lowest BCUT2D eigenvalue weighted by Gasteiger charge is -2.36. The van der Waals surface area contributed by atoms with Crippen molar-refractivity contribution in [3.63, 3.8) is 0 Å². The molecule has 1 unspecified atom stereocenters. The number of carbonyl (C=O) groups is 1. The average Bonchev–Trinajstić information content (AvgIpc) is 3.10. The van der Waals surface area contributed by atoms with Crippen LogP contribution in [0.5, 0.6) is 0 Å². The molecule has 4 aromatic rings. The molecule has 2 N–H and O–H groups in total. The lowest BCUT2D eigenvalue weighted by atomic mass is 9.92. The Bertz CT molecular complexity index is 1320. The van der Waals surface area contributed by atoms with Gasteiger partial charge in [0, 0.05) is 0 Å². The van der Waals surface area contributed by atoms with Crippen molar-refractivity contribution < 1.29 is 32.1 Å². The molecule has 0 aromatic heterocycles. The summed E-state index contributed by atoms with van der Waals surface area (Å²) >= 11 is 0. The highest BCUT2D eigenvalue weighted by molar-refractivity contribution is 7.95. The Labute approximate surface area is 288 Å². The lowest BCUT2D eigenvalue weighted by Crippen LogP contribution is -3.00. The number of rotatable bonds is 18. The minimum atomic E-state index is -2.21. The molecule has 0 saturated carbocycles. The minimum absolute atomic E-state index is 0. The van der Waals surface area contributed by atoms with Gasteiger partial charge < -0.3 is 22.1 Å². The molecule has 0 radical (unpaired) electrons. The standard InChI is InChI=1S/C40H51NO3P.BrH/c1-3-4-5-6-7-11-18-34-25-27-35(28-26-34)29-31-40(2,33-42)41(44)39(43)30-32-45(36-19-12-8-13-20-36,37-21-14-9-15-22-37)38-23-16-10-17-24-38;/h8-10,12-17,19-28,42,44H,3-7,11,18,29-33H2,1-2H3;1H/q+1;/p-1. The minimum Gasteiger partial charge on any atom is -1.00 e. The van der Waals surface area contributed by atoms with Crippen LogP contribution in [0.2, 0.25) is 0 Å². The van der Waals surface area contributed by atoms with Crippen molar-refractivity contribution >= 4 is 29.1 Å². The first kappa shape index (κ1) is 37.6. The van der Waals surface area contributed by atoms with Crippen molar-refractivity contribution in [1.82, 2.24) is 5.06 Å². The zero-order chi connectivity index (χ0) is 32.0. The summed E-state index contributed by atoms with van der Waals surface area (Å²) < 4.78 is 0. The van der Waals surface area contributed by atoms with E-state index in [1.165, 1.54) is 60.0 Å². The van der Waals surface area contributed by atoms with Gasteiger partial charge in [-0.1, -0.05) is 118 Å².